The average molecular weight is 307 g/mol. The number of morpholine rings is 1. The fourth-order valence-corrected chi connectivity index (χ4v) is 3.23. The van der Waals surface area contributed by atoms with Crippen LogP contribution in [0, 0.1) is 18.8 Å². The number of aliphatic hydroxyl groups excluding tert-OH is 1. The quantitative estimate of drug-likeness (QED) is 0.870. The third-order valence-corrected chi connectivity index (χ3v) is 4.59. The first-order chi connectivity index (χ1) is 10.2. The predicted octanol–water partition coefficient (Wildman–Crippen LogP) is 2.04. The van der Waals surface area contributed by atoms with Crippen molar-refractivity contribution in [1.82, 2.24) is 4.90 Å². The van der Waals surface area contributed by atoms with E-state index in [2.05, 4.69) is 18.8 Å². The lowest BCUT2D eigenvalue weighted by Gasteiger charge is -2.32. The van der Waals surface area contributed by atoms with E-state index in [9.17, 15) is 4.79 Å². The lowest BCUT2D eigenvalue weighted by Crippen LogP contribution is -2.45. The molecule has 114 valence electrons. The molecule has 1 unspecified atom stereocenters. The predicted molar refractivity (Wildman–Crippen MR) is 83.6 cm³/mol. The van der Waals surface area contributed by atoms with Gasteiger partial charge in [-0.1, -0.05) is 18.8 Å². The minimum Gasteiger partial charge on any atom is -0.395 e. The van der Waals surface area contributed by atoms with Crippen molar-refractivity contribution in [2.24, 2.45) is 0 Å². The van der Waals surface area contributed by atoms with Crippen LogP contribution in [-0.2, 0) is 4.74 Å². The van der Waals surface area contributed by atoms with E-state index in [1.807, 2.05) is 17.9 Å². The Balaban J connectivity index is 2.09. The minimum absolute atomic E-state index is 0.0649. The highest BCUT2D eigenvalue weighted by Gasteiger charge is 2.25. The Labute approximate surface area is 129 Å². The normalized spacial score (nSPS) is 18.2. The Morgan fingerprint density at radius 2 is 2.43 bits per heavy atom. The van der Waals surface area contributed by atoms with Crippen molar-refractivity contribution < 1.29 is 14.6 Å². The van der Waals surface area contributed by atoms with Crippen LogP contribution in [0.5, 0.6) is 0 Å². The summed E-state index contributed by atoms with van der Waals surface area (Å²) in [5, 5.41) is 8.75. The number of aryl methyl sites for hydroxylation is 1. The average Bonchev–Trinajstić information content (AvgIpc) is 2.88. The third-order valence-electron chi connectivity index (χ3n) is 3.45. The molecule has 21 heavy (non-hydrogen) atoms. The summed E-state index contributed by atoms with van der Waals surface area (Å²) in [6.07, 6.45) is 1.53. The molecule has 0 radical (unpaired) electrons. The van der Waals surface area contributed by atoms with Gasteiger partial charge in [-0.25, -0.2) is 0 Å². The van der Waals surface area contributed by atoms with Gasteiger partial charge in [0, 0.05) is 19.5 Å². The molecule has 0 aromatic carbocycles. The molecular weight excluding hydrogens is 286 g/mol. The lowest BCUT2D eigenvalue weighted by molar-refractivity contribution is -0.0224. The topological polar surface area (TPSA) is 49.8 Å². The second-order valence-electron chi connectivity index (χ2n) is 5.05. The summed E-state index contributed by atoms with van der Waals surface area (Å²) in [6.45, 7) is 6.02. The van der Waals surface area contributed by atoms with E-state index in [4.69, 9.17) is 9.84 Å². The molecule has 1 fully saturated rings. The van der Waals surface area contributed by atoms with Gasteiger partial charge in [0.1, 0.15) is 0 Å². The van der Waals surface area contributed by atoms with Crippen molar-refractivity contribution in [1.29, 1.82) is 0 Å². The number of nitrogens with zero attached hydrogens (tertiary/aromatic N) is 1. The SMILES string of the molecule is CCC1CN(C(=O)c2cc(C)c(C#CCCO)s2)CCO1. The fraction of sp³-hybridized carbons (Fsp3) is 0.562. The van der Waals surface area contributed by atoms with E-state index in [1.165, 1.54) is 11.3 Å². The van der Waals surface area contributed by atoms with Gasteiger partial charge in [-0.15, -0.1) is 11.3 Å². The maximum atomic E-state index is 12.5. The molecule has 1 aliphatic rings. The van der Waals surface area contributed by atoms with Gasteiger partial charge in [-0.2, -0.15) is 0 Å². The Bertz CT molecular complexity index is 556. The van der Waals surface area contributed by atoms with E-state index < -0.39 is 0 Å². The van der Waals surface area contributed by atoms with Crippen molar-refractivity contribution >= 4 is 17.2 Å². The number of thiophene rings is 1. The van der Waals surface area contributed by atoms with E-state index in [-0.39, 0.29) is 18.6 Å². The van der Waals surface area contributed by atoms with Crippen molar-refractivity contribution in [2.75, 3.05) is 26.3 Å². The first-order valence-corrected chi connectivity index (χ1v) is 8.08. The van der Waals surface area contributed by atoms with E-state index in [0.29, 0.717) is 26.1 Å². The molecule has 0 aliphatic carbocycles. The van der Waals surface area contributed by atoms with Crippen LogP contribution in [-0.4, -0.2) is 48.3 Å². The molecule has 4 nitrogen and oxygen atoms in total. The molecule has 1 amide bonds. The Morgan fingerprint density at radius 1 is 1.62 bits per heavy atom. The minimum atomic E-state index is 0.0649. The highest BCUT2D eigenvalue weighted by atomic mass is 32.1. The first kappa shape index (κ1) is 16.0. The number of amides is 1. The van der Waals surface area contributed by atoms with Crippen LogP contribution >= 0.6 is 11.3 Å². The molecule has 1 aromatic rings. The lowest BCUT2D eigenvalue weighted by atomic mass is 10.2. The van der Waals surface area contributed by atoms with Crippen LogP contribution in [0.1, 0.15) is 39.9 Å². The van der Waals surface area contributed by atoms with Crippen LogP contribution in [0.2, 0.25) is 0 Å². The highest BCUT2D eigenvalue weighted by Crippen LogP contribution is 2.23. The number of ether oxygens (including phenoxy) is 1. The Kier molecular flexibility index (Phi) is 5.80. The van der Waals surface area contributed by atoms with Crippen LogP contribution in [0.25, 0.3) is 0 Å². The third kappa shape index (κ3) is 4.07. The molecule has 1 aromatic heterocycles. The van der Waals surface area contributed by atoms with Crippen molar-refractivity contribution in [3.8, 4) is 11.8 Å². The maximum absolute atomic E-state index is 12.5. The van der Waals surface area contributed by atoms with Crippen molar-refractivity contribution in [2.45, 2.75) is 32.8 Å². The van der Waals surface area contributed by atoms with Crippen molar-refractivity contribution in [3.05, 3.63) is 21.4 Å². The molecule has 1 atom stereocenters. The zero-order chi connectivity index (χ0) is 15.2. The molecule has 1 saturated heterocycles. The zero-order valence-electron chi connectivity index (χ0n) is 12.5. The molecule has 2 heterocycles. The van der Waals surface area contributed by atoms with Gasteiger partial charge >= 0.3 is 0 Å². The van der Waals surface area contributed by atoms with E-state index >= 15 is 0 Å². The van der Waals surface area contributed by atoms with Crippen LogP contribution in [0.4, 0.5) is 0 Å². The Hall–Kier alpha value is -1.35. The standard InChI is InChI=1S/C16H21NO3S/c1-3-13-11-17(7-9-20-13)16(19)15-10-12(2)14(21-15)6-4-5-8-18/h10,13,18H,3,5,7-9,11H2,1-2H3. The summed E-state index contributed by atoms with van der Waals surface area (Å²) in [6, 6.07) is 1.91. The largest absolute Gasteiger partial charge is 0.395 e. The summed E-state index contributed by atoms with van der Waals surface area (Å²) in [5.74, 6) is 6.00. The second-order valence-corrected chi connectivity index (χ2v) is 6.10. The summed E-state index contributed by atoms with van der Waals surface area (Å²) in [5.41, 5.74) is 1.02. The van der Waals surface area contributed by atoms with Crippen molar-refractivity contribution in [3.63, 3.8) is 0 Å². The van der Waals surface area contributed by atoms with Gasteiger partial charge < -0.3 is 14.7 Å². The Morgan fingerprint density at radius 3 is 3.14 bits per heavy atom. The monoisotopic (exact) mass is 307 g/mol. The summed E-state index contributed by atoms with van der Waals surface area (Å²) in [7, 11) is 0. The van der Waals surface area contributed by atoms with Gasteiger partial charge in [0.15, 0.2) is 0 Å². The number of rotatable bonds is 3. The summed E-state index contributed by atoms with van der Waals surface area (Å²) < 4.78 is 5.60. The second kappa shape index (κ2) is 7.60. The molecule has 1 N–H and O–H groups in total. The maximum Gasteiger partial charge on any atom is 0.264 e. The molecule has 0 saturated carbocycles. The molecule has 2 rings (SSSR count). The molecule has 0 spiro atoms. The number of carbonyl (C=O) groups excluding carboxylic acids is 1. The van der Waals surface area contributed by atoms with Crippen LogP contribution in [0.15, 0.2) is 6.07 Å². The first-order valence-electron chi connectivity index (χ1n) is 7.26. The highest BCUT2D eigenvalue weighted by molar-refractivity contribution is 7.14. The molecule has 1 aliphatic heterocycles. The van der Waals surface area contributed by atoms with Crippen LogP contribution in [0.3, 0.4) is 0 Å². The zero-order valence-corrected chi connectivity index (χ0v) is 13.3. The molecule has 0 bridgehead atoms. The molecular formula is C16H21NO3S. The van der Waals surface area contributed by atoms with Gasteiger partial charge in [0.05, 0.1) is 29.1 Å². The number of hydrogen-bond donors (Lipinski definition) is 1. The van der Waals surface area contributed by atoms with Gasteiger partial charge in [-0.05, 0) is 25.0 Å². The smallest absolute Gasteiger partial charge is 0.264 e. The number of aliphatic hydroxyl groups is 1. The van der Waals surface area contributed by atoms with Gasteiger partial charge in [0.25, 0.3) is 5.91 Å². The summed E-state index contributed by atoms with van der Waals surface area (Å²) in [4.78, 5) is 16.1. The van der Waals surface area contributed by atoms with E-state index in [1.54, 1.807) is 0 Å². The number of carbonyl (C=O) groups is 1. The van der Waals surface area contributed by atoms with Gasteiger partial charge in [0.2, 0.25) is 0 Å². The van der Waals surface area contributed by atoms with E-state index in [0.717, 1.165) is 21.7 Å². The van der Waals surface area contributed by atoms with Crippen LogP contribution < -0.4 is 0 Å². The number of hydrogen-bond acceptors (Lipinski definition) is 4. The van der Waals surface area contributed by atoms with Gasteiger partial charge in [-0.3, -0.25) is 4.79 Å². The summed E-state index contributed by atoms with van der Waals surface area (Å²) >= 11 is 1.43. The fourth-order valence-electron chi connectivity index (χ4n) is 2.22. The molecule has 5 heteroatoms.